The molecule has 0 saturated carbocycles. The average molecular weight is 300 g/mol. The molecule has 6 heteroatoms. The minimum absolute atomic E-state index is 0.449. The Hall–Kier alpha value is -1.56. The Kier molecular flexibility index (Phi) is 4.88. The fraction of sp³-hybridized carbons (Fsp3) is 0.533. The summed E-state index contributed by atoms with van der Waals surface area (Å²) in [7, 11) is 0. The van der Waals surface area contributed by atoms with Crippen LogP contribution in [-0.2, 0) is 11.2 Å². The van der Waals surface area contributed by atoms with Gasteiger partial charge in [-0.05, 0) is 24.8 Å². The van der Waals surface area contributed by atoms with E-state index in [0.29, 0.717) is 19.3 Å². The zero-order valence-corrected chi connectivity index (χ0v) is 11.9. The van der Waals surface area contributed by atoms with E-state index in [4.69, 9.17) is 0 Å². The zero-order chi connectivity index (χ0) is 15.5. The molecule has 0 aliphatic carbocycles. The largest absolute Gasteiger partial charge is 0.406 e. The third-order valence-corrected chi connectivity index (χ3v) is 3.65. The first kappa shape index (κ1) is 15.8. The van der Waals surface area contributed by atoms with E-state index in [1.54, 1.807) is 6.92 Å². The fourth-order valence-electron chi connectivity index (χ4n) is 2.63. The first-order valence-electron chi connectivity index (χ1n) is 7.08. The van der Waals surface area contributed by atoms with Gasteiger partial charge < -0.3 is 4.90 Å². The molecule has 0 radical (unpaired) electrons. The summed E-state index contributed by atoms with van der Waals surface area (Å²) in [5.74, 6) is -0.449. The highest BCUT2D eigenvalue weighted by atomic mass is 19.4. The van der Waals surface area contributed by atoms with Gasteiger partial charge >= 0.3 is 6.18 Å². The number of benzene rings is 1. The molecule has 1 saturated heterocycles. The monoisotopic (exact) mass is 300 g/mol. The number of nitrogens with one attached hydrogen (secondary N) is 1. The van der Waals surface area contributed by atoms with E-state index in [-0.39, 0.29) is 0 Å². The van der Waals surface area contributed by atoms with Gasteiger partial charge in [0.2, 0.25) is 5.91 Å². The van der Waals surface area contributed by atoms with Gasteiger partial charge in [-0.15, -0.1) is 0 Å². The van der Waals surface area contributed by atoms with Gasteiger partial charge in [-0.3, -0.25) is 10.1 Å². The smallest absolute Gasteiger partial charge is 0.317 e. The summed E-state index contributed by atoms with van der Waals surface area (Å²) in [4.78, 5) is 13.0. The number of hydrogen-bond acceptors (Lipinski definition) is 2. The van der Waals surface area contributed by atoms with Crippen molar-refractivity contribution in [3.63, 3.8) is 0 Å². The lowest BCUT2D eigenvalue weighted by Gasteiger charge is -2.24. The summed E-state index contributed by atoms with van der Waals surface area (Å²) in [6.07, 6.45) is -3.25. The van der Waals surface area contributed by atoms with Crippen molar-refractivity contribution in [1.82, 2.24) is 10.2 Å². The van der Waals surface area contributed by atoms with Crippen LogP contribution in [0.5, 0.6) is 0 Å². The molecule has 21 heavy (non-hydrogen) atoms. The average Bonchev–Trinajstić information content (AvgIpc) is 2.73. The van der Waals surface area contributed by atoms with E-state index in [0.717, 1.165) is 10.5 Å². The number of halogens is 3. The zero-order valence-electron chi connectivity index (χ0n) is 11.9. The van der Waals surface area contributed by atoms with E-state index in [9.17, 15) is 18.0 Å². The van der Waals surface area contributed by atoms with Gasteiger partial charge in [-0.2, -0.15) is 13.2 Å². The lowest BCUT2D eigenvalue weighted by molar-refractivity contribution is -0.161. The highest BCUT2D eigenvalue weighted by Gasteiger charge is 2.43. The molecule has 1 aliphatic heterocycles. The van der Waals surface area contributed by atoms with Crippen LogP contribution in [0.1, 0.15) is 25.3 Å². The number of hydrogen-bond donors (Lipinski definition) is 1. The van der Waals surface area contributed by atoms with Crippen molar-refractivity contribution in [3.05, 3.63) is 35.9 Å². The normalized spacial score (nSPS) is 22.9. The number of aryl methyl sites for hydroxylation is 1. The highest BCUT2D eigenvalue weighted by molar-refractivity contribution is 5.84. The molecule has 0 bridgehead atoms. The van der Waals surface area contributed by atoms with Crippen LogP contribution in [-0.4, -0.2) is 35.7 Å². The molecule has 0 aromatic heterocycles. The molecule has 1 N–H and O–H groups in total. The lowest BCUT2D eigenvalue weighted by atomic mass is 10.1. The third-order valence-electron chi connectivity index (χ3n) is 3.65. The molecular formula is C15H19F3N2O. The first-order valence-corrected chi connectivity index (χ1v) is 7.08. The molecule has 116 valence electrons. The Morgan fingerprint density at radius 2 is 1.90 bits per heavy atom. The van der Waals surface area contributed by atoms with Crippen molar-refractivity contribution >= 4 is 5.91 Å². The Labute approximate surface area is 122 Å². The molecule has 1 aliphatic rings. The number of carbonyl (C=O) groups is 1. The second-order valence-corrected chi connectivity index (χ2v) is 5.25. The predicted octanol–water partition coefficient (Wildman–Crippen LogP) is 2.72. The van der Waals surface area contributed by atoms with Crippen molar-refractivity contribution in [1.29, 1.82) is 0 Å². The van der Waals surface area contributed by atoms with Crippen LogP contribution in [0.3, 0.4) is 0 Å². The topological polar surface area (TPSA) is 32.3 Å². The van der Waals surface area contributed by atoms with Crippen molar-refractivity contribution in [2.75, 3.05) is 6.54 Å². The van der Waals surface area contributed by atoms with Crippen LogP contribution >= 0.6 is 0 Å². The summed E-state index contributed by atoms with van der Waals surface area (Å²) in [6.45, 7) is 0.590. The number of alkyl halides is 3. The van der Waals surface area contributed by atoms with Gasteiger partial charge in [0.05, 0.1) is 12.2 Å². The molecule has 2 rings (SSSR count). The van der Waals surface area contributed by atoms with Crippen LogP contribution in [0.25, 0.3) is 0 Å². The standard InChI is InChI=1S/C15H19F3N2O/c1-2-13-19-12(9-8-11-6-4-3-5-7-11)14(21)20(13)10-15(16,17)18/h3-7,12-13,19H,2,8-10H2,1H3. The molecule has 2 unspecified atom stereocenters. The van der Waals surface area contributed by atoms with Crippen LogP contribution < -0.4 is 5.32 Å². The highest BCUT2D eigenvalue weighted by Crippen LogP contribution is 2.23. The molecule has 1 amide bonds. The van der Waals surface area contributed by atoms with E-state index < -0.39 is 30.8 Å². The van der Waals surface area contributed by atoms with Crippen LogP contribution in [0, 0.1) is 0 Å². The fourth-order valence-corrected chi connectivity index (χ4v) is 2.63. The minimum atomic E-state index is -4.36. The number of nitrogens with zero attached hydrogens (tertiary/aromatic N) is 1. The van der Waals surface area contributed by atoms with E-state index >= 15 is 0 Å². The minimum Gasteiger partial charge on any atom is -0.317 e. The van der Waals surface area contributed by atoms with Crippen molar-refractivity contribution in [3.8, 4) is 0 Å². The lowest BCUT2D eigenvalue weighted by Crippen LogP contribution is -2.42. The van der Waals surface area contributed by atoms with Crippen LogP contribution in [0.15, 0.2) is 30.3 Å². The first-order chi connectivity index (χ1) is 9.90. The molecule has 3 nitrogen and oxygen atoms in total. The Bertz CT molecular complexity index is 476. The van der Waals surface area contributed by atoms with Crippen LogP contribution in [0.4, 0.5) is 13.2 Å². The predicted molar refractivity (Wildman–Crippen MR) is 73.5 cm³/mol. The molecule has 1 fully saturated rings. The van der Waals surface area contributed by atoms with Crippen molar-refractivity contribution < 1.29 is 18.0 Å². The quantitative estimate of drug-likeness (QED) is 0.907. The summed E-state index contributed by atoms with van der Waals surface area (Å²) in [6, 6.07) is 9.08. The van der Waals surface area contributed by atoms with Crippen molar-refractivity contribution in [2.45, 2.75) is 44.6 Å². The Balaban J connectivity index is 1.97. The summed E-state index contributed by atoms with van der Waals surface area (Å²) < 4.78 is 37.6. The molecule has 1 heterocycles. The van der Waals surface area contributed by atoms with Gasteiger partial charge in [-0.1, -0.05) is 37.3 Å². The number of rotatable bonds is 5. The van der Waals surface area contributed by atoms with Gasteiger partial charge in [0.1, 0.15) is 6.54 Å². The molecule has 2 atom stereocenters. The van der Waals surface area contributed by atoms with E-state index in [1.165, 1.54) is 0 Å². The second kappa shape index (κ2) is 6.47. The maximum Gasteiger partial charge on any atom is 0.406 e. The van der Waals surface area contributed by atoms with Gasteiger partial charge in [0.25, 0.3) is 0 Å². The number of amides is 1. The Morgan fingerprint density at radius 3 is 2.48 bits per heavy atom. The molecule has 1 aromatic rings. The third kappa shape index (κ3) is 4.20. The summed E-state index contributed by atoms with van der Waals surface area (Å²) >= 11 is 0. The molecule has 1 aromatic carbocycles. The maximum atomic E-state index is 12.5. The van der Waals surface area contributed by atoms with Gasteiger partial charge in [0, 0.05) is 0 Å². The number of carbonyl (C=O) groups excluding carboxylic acids is 1. The van der Waals surface area contributed by atoms with Gasteiger partial charge in [-0.25, -0.2) is 0 Å². The van der Waals surface area contributed by atoms with Crippen molar-refractivity contribution in [2.24, 2.45) is 0 Å². The second-order valence-electron chi connectivity index (χ2n) is 5.25. The molecular weight excluding hydrogens is 281 g/mol. The van der Waals surface area contributed by atoms with Gasteiger partial charge in [0.15, 0.2) is 0 Å². The SMILES string of the molecule is CCC1NC(CCc2ccccc2)C(=O)N1CC(F)(F)F. The maximum absolute atomic E-state index is 12.5. The summed E-state index contributed by atoms with van der Waals surface area (Å²) in [5, 5.41) is 3.01. The van der Waals surface area contributed by atoms with E-state index in [2.05, 4.69) is 5.32 Å². The van der Waals surface area contributed by atoms with E-state index in [1.807, 2.05) is 30.3 Å². The van der Waals surface area contributed by atoms with Crippen LogP contribution in [0.2, 0.25) is 0 Å². The Morgan fingerprint density at radius 1 is 1.24 bits per heavy atom. The summed E-state index contributed by atoms with van der Waals surface area (Å²) in [5.41, 5.74) is 1.08. The molecule has 0 spiro atoms.